The summed E-state index contributed by atoms with van der Waals surface area (Å²) in [7, 11) is -0.456. The molecule has 6 unspecified atom stereocenters. The zero-order valence-corrected chi connectivity index (χ0v) is 28.9. The molecule has 0 bridgehead atoms. The number of alkyl halides is 3. The third-order valence-electron chi connectivity index (χ3n) is 9.15. The highest BCUT2D eigenvalue weighted by atomic mass is 79.9. The summed E-state index contributed by atoms with van der Waals surface area (Å²) in [6, 6.07) is 7.34. The van der Waals surface area contributed by atoms with E-state index in [1.54, 1.807) is 6.08 Å². The molecule has 0 aromatic heterocycles. The number of methoxy groups -OCH3 is 1. The van der Waals surface area contributed by atoms with Crippen molar-refractivity contribution in [1.29, 1.82) is 0 Å². The molecule has 2 aromatic rings. The van der Waals surface area contributed by atoms with E-state index in [1.807, 2.05) is 0 Å². The Morgan fingerprint density at radius 2 is 1.75 bits per heavy atom. The van der Waals surface area contributed by atoms with Crippen LogP contribution in [0.25, 0.3) is 0 Å². The molecular formula is C28H22BBr3Cl2N2O8. The summed E-state index contributed by atoms with van der Waals surface area (Å²) in [5, 5.41) is 30.0. The maximum atomic E-state index is 14.2. The van der Waals surface area contributed by atoms with Crippen LogP contribution >= 0.6 is 71.0 Å². The lowest BCUT2D eigenvalue weighted by Gasteiger charge is -2.51. The first-order valence-corrected chi connectivity index (χ1v) is 16.8. The minimum absolute atomic E-state index is 0.0605. The number of rotatable bonds is 5. The van der Waals surface area contributed by atoms with E-state index in [0.717, 1.165) is 9.80 Å². The molecule has 0 radical (unpaired) electrons. The summed E-state index contributed by atoms with van der Waals surface area (Å²) in [5.74, 6) is -6.27. The molecule has 2 aliphatic carbocycles. The quantitative estimate of drug-likeness (QED) is 0.137. The number of aromatic hydroxyl groups is 1. The van der Waals surface area contributed by atoms with Gasteiger partial charge in [0, 0.05) is 10.4 Å². The molecule has 2 heterocycles. The molecule has 2 aromatic carbocycles. The Labute approximate surface area is 286 Å². The topological polar surface area (TPSA) is 145 Å². The molecule has 6 atom stereocenters. The average Bonchev–Trinajstić information content (AvgIpc) is 3.34. The second-order valence-electron chi connectivity index (χ2n) is 11.1. The Kier molecular flexibility index (Phi) is 8.08. The molecule has 10 nitrogen and oxygen atoms in total. The molecule has 44 heavy (non-hydrogen) atoms. The fraction of sp³-hybridized carbons (Fsp3) is 0.357. The highest BCUT2D eigenvalue weighted by Crippen LogP contribution is 2.66. The number of ether oxygens (including phenoxy) is 1. The van der Waals surface area contributed by atoms with Crippen molar-refractivity contribution < 1.29 is 39.1 Å². The molecule has 4 aliphatic rings. The van der Waals surface area contributed by atoms with Gasteiger partial charge in [0.2, 0.25) is 11.8 Å². The first-order valence-electron chi connectivity index (χ1n) is 13.3. The molecule has 230 valence electrons. The lowest BCUT2D eigenvalue weighted by molar-refractivity contribution is -0.138. The summed E-state index contributed by atoms with van der Waals surface area (Å²) in [5.41, 5.74) is 1.03. The summed E-state index contributed by atoms with van der Waals surface area (Å²) >= 11 is 24.6. The van der Waals surface area contributed by atoms with Gasteiger partial charge in [0.1, 0.15) is 0 Å². The number of fused-ring (bicyclic) bond motifs is 4. The van der Waals surface area contributed by atoms with Gasteiger partial charge < -0.3 is 19.9 Å². The van der Waals surface area contributed by atoms with E-state index in [0.29, 0.717) is 15.6 Å². The lowest BCUT2D eigenvalue weighted by Crippen LogP contribution is -2.60. The number of carbonyl (C=O) groups is 4. The number of benzene rings is 2. The fourth-order valence-electron chi connectivity index (χ4n) is 7.15. The highest BCUT2D eigenvalue weighted by molar-refractivity contribution is 9.13. The number of amides is 4. The number of imide groups is 2. The van der Waals surface area contributed by atoms with Gasteiger partial charge in [-0.2, -0.15) is 0 Å². The Morgan fingerprint density at radius 3 is 2.39 bits per heavy atom. The van der Waals surface area contributed by atoms with Crippen molar-refractivity contribution in [3.8, 4) is 11.5 Å². The van der Waals surface area contributed by atoms with Crippen molar-refractivity contribution in [2.75, 3.05) is 17.5 Å². The van der Waals surface area contributed by atoms with E-state index in [2.05, 4.69) is 47.8 Å². The molecule has 16 heteroatoms. The molecule has 2 saturated heterocycles. The maximum Gasteiger partial charge on any atom is 0.488 e. The summed E-state index contributed by atoms with van der Waals surface area (Å²) in [6.45, 7) is 0. The number of hydrogen-bond donors (Lipinski definition) is 3. The van der Waals surface area contributed by atoms with Crippen molar-refractivity contribution in [1.82, 2.24) is 4.90 Å². The van der Waals surface area contributed by atoms with E-state index in [9.17, 15) is 34.3 Å². The van der Waals surface area contributed by atoms with Gasteiger partial charge in [0.25, 0.3) is 11.8 Å². The van der Waals surface area contributed by atoms with Crippen LogP contribution in [0.4, 0.5) is 5.69 Å². The number of carbonyl (C=O) groups excluding carboxylic acids is 4. The van der Waals surface area contributed by atoms with E-state index >= 15 is 0 Å². The second kappa shape index (κ2) is 11.1. The van der Waals surface area contributed by atoms with Crippen molar-refractivity contribution >= 4 is 113 Å². The molecule has 3 N–H and O–H groups in total. The number of likely N-dealkylation sites (tertiary alicyclic amines) is 1. The van der Waals surface area contributed by atoms with Crippen LogP contribution in [0.1, 0.15) is 24.3 Å². The third kappa shape index (κ3) is 4.17. The van der Waals surface area contributed by atoms with E-state index in [1.165, 1.54) is 37.4 Å². The Hall–Kier alpha value is -1.94. The Bertz CT molecular complexity index is 1690. The zero-order chi connectivity index (χ0) is 32.0. The molecule has 4 amide bonds. The van der Waals surface area contributed by atoms with Gasteiger partial charge in [0.15, 0.2) is 21.2 Å². The standard InChI is InChI=1S/C28H22BBr3Cl2N2O8/c1-44-17-8-15(20(31)21(32)22(17)37)19-13-5-6-14-18(16(13)9-27(33)25(40)35(10-30)26(41)28(19,27)34)24(39)36(23(14)38)12-4-2-3-11(7-12)29(42)43/h2-5,7-8,14,16,18-19,37,42-43H,6,9-10H2,1H3. The van der Waals surface area contributed by atoms with Crippen molar-refractivity contribution in [3.05, 3.63) is 56.5 Å². The minimum Gasteiger partial charge on any atom is -0.503 e. The van der Waals surface area contributed by atoms with Crippen molar-refractivity contribution in [2.24, 2.45) is 17.8 Å². The van der Waals surface area contributed by atoms with Gasteiger partial charge in [-0.15, -0.1) is 23.2 Å². The minimum atomic E-state index is -2.05. The van der Waals surface area contributed by atoms with Crippen LogP contribution in [0, 0.1) is 17.8 Å². The normalized spacial score (nSPS) is 31.1. The first kappa shape index (κ1) is 32.0. The van der Waals surface area contributed by atoms with E-state index < -0.39 is 64.2 Å². The van der Waals surface area contributed by atoms with Gasteiger partial charge in [-0.25, -0.2) is 0 Å². The second-order valence-corrected chi connectivity index (χ2v) is 14.4. The number of phenols is 1. The summed E-state index contributed by atoms with van der Waals surface area (Å²) in [4.78, 5) is 53.7. The number of allylic oxidation sites excluding steroid dienone is 2. The van der Waals surface area contributed by atoms with Crippen LogP contribution in [0.5, 0.6) is 11.5 Å². The fourth-order valence-corrected chi connectivity index (χ4v) is 9.53. The van der Waals surface area contributed by atoms with Gasteiger partial charge in [-0.05, 0) is 79.8 Å². The average molecular weight is 836 g/mol. The Balaban J connectivity index is 1.55. The van der Waals surface area contributed by atoms with Crippen molar-refractivity contribution in [2.45, 2.75) is 28.5 Å². The van der Waals surface area contributed by atoms with Crippen LogP contribution in [-0.4, -0.2) is 73.1 Å². The summed E-state index contributed by atoms with van der Waals surface area (Å²) in [6.07, 6.45) is 1.72. The third-order valence-corrected chi connectivity index (χ3v) is 13.2. The largest absolute Gasteiger partial charge is 0.503 e. The first-order chi connectivity index (χ1) is 20.7. The van der Waals surface area contributed by atoms with Crippen LogP contribution in [0.2, 0.25) is 0 Å². The molecule has 1 saturated carbocycles. The van der Waals surface area contributed by atoms with E-state index in [4.69, 9.17) is 27.9 Å². The van der Waals surface area contributed by atoms with Gasteiger partial charge in [-0.1, -0.05) is 39.7 Å². The number of hydrogen-bond acceptors (Lipinski definition) is 8. The molecule has 0 spiro atoms. The van der Waals surface area contributed by atoms with Gasteiger partial charge in [-0.3, -0.25) is 29.0 Å². The molecule has 2 aliphatic heterocycles. The SMILES string of the molecule is COc1cc(C2C3=CCC4C(=O)N(c5cccc(B(O)O)c5)C(=O)C4C3CC3(Cl)C(=O)N(CBr)C(=O)C23Cl)c(Br)c(Br)c1O. The summed E-state index contributed by atoms with van der Waals surface area (Å²) < 4.78 is 5.93. The van der Waals surface area contributed by atoms with Crippen LogP contribution in [0.15, 0.2) is 50.9 Å². The molecule has 3 fully saturated rings. The van der Waals surface area contributed by atoms with Crippen LogP contribution < -0.4 is 15.1 Å². The number of halogens is 5. The number of phenolic OH excluding ortho intramolecular Hbond substituents is 1. The van der Waals surface area contributed by atoms with Crippen molar-refractivity contribution in [3.63, 3.8) is 0 Å². The smallest absolute Gasteiger partial charge is 0.488 e. The molecule has 6 rings (SSSR count). The zero-order valence-electron chi connectivity index (χ0n) is 22.6. The predicted octanol–water partition coefficient (Wildman–Crippen LogP) is 3.52. The number of anilines is 1. The monoisotopic (exact) mass is 832 g/mol. The van der Waals surface area contributed by atoms with Crippen LogP contribution in [-0.2, 0) is 19.2 Å². The predicted molar refractivity (Wildman–Crippen MR) is 172 cm³/mol. The number of nitrogens with zero attached hydrogens (tertiary/aromatic N) is 2. The van der Waals surface area contributed by atoms with Crippen LogP contribution in [0.3, 0.4) is 0 Å². The van der Waals surface area contributed by atoms with Gasteiger partial charge >= 0.3 is 7.12 Å². The lowest BCUT2D eigenvalue weighted by atomic mass is 9.56. The maximum absolute atomic E-state index is 14.2. The van der Waals surface area contributed by atoms with Gasteiger partial charge in [0.05, 0.1) is 34.6 Å². The highest BCUT2D eigenvalue weighted by Gasteiger charge is 2.76. The Morgan fingerprint density at radius 1 is 1.05 bits per heavy atom. The molecular weight excluding hydrogens is 814 g/mol. The van der Waals surface area contributed by atoms with E-state index in [-0.39, 0.29) is 45.4 Å².